The smallest absolute Gasteiger partial charge is 0.396 e. The molecule has 8 nitrogen and oxygen atoms in total. The molecule has 0 radical (unpaired) electrons. The number of aliphatic hydroxyl groups is 1. The Morgan fingerprint density at radius 3 is 2.59 bits per heavy atom. The minimum absolute atomic E-state index is 0.00475. The van der Waals surface area contributed by atoms with Crippen LogP contribution in [0.5, 0.6) is 0 Å². The number of H-pyrrole nitrogens is 1. The van der Waals surface area contributed by atoms with Gasteiger partial charge in [-0.1, -0.05) is 12.1 Å². The molecule has 0 bridgehead atoms. The maximum atomic E-state index is 13.3. The average Bonchev–Trinajstić information content (AvgIpc) is 3.19. The van der Waals surface area contributed by atoms with Gasteiger partial charge in [0.1, 0.15) is 6.04 Å². The summed E-state index contributed by atoms with van der Waals surface area (Å²) in [6, 6.07) is 12.4. The molecule has 4 rings (SSSR count). The van der Waals surface area contributed by atoms with Crippen LogP contribution in [0.3, 0.4) is 0 Å². The number of alkyl halides is 3. The maximum Gasteiger partial charge on any atom is 0.416 e. The number of aliphatic hydroxyl groups excluding tert-OH is 1. The first-order valence-electron chi connectivity index (χ1n) is 10.1. The Kier molecular flexibility index (Phi) is 5.73. The van der Waals surface area contributed by atoms with Crippen LogP contribution in [0.4, 0.5) is 24.8 Å². The van der Waals surface area contributed by atoms with E-state index in [1.165, 1.54) is 27.7 Å². The molecule has 0 fully saturated rings. The zero-order valence-electron chi connectivity index (χ0n) is 17.8. The van der Waals surface area contributed by atoms with Gasteiger partial charge in [-0.15, -0.1) is 5.10 Å². The van der Waals surface area contributed by atoms with Crippen molar-refractivity contribution < 1.29 is 18.3 Å². The molecule has 0 aliphatic carbocycles. The Morgan fingerprint density at radius 2 is 1.94 bits per heavy atom. The van der Waals surface area contributed by atoms with Crippen molar-refractivity contribution in [2.24, 2.45) is 0 Å². The van der Waals surface area contributed by atoms with Crippen LogP contribution < -0.4 is 10.6 Å². The van der Waals surface area contributed by atoms with E-state index in [4.69, 9.17) is 0 Å². The largest absolute Gasteiger partial charge is 0.416 e. The number of fused-ring (bicyclic) bond motifs is 1. The molecule has 0 amide bonds. The molecule has 172 valence electrons. The first-order chi connectivity index (χ1) is 16.2. The van der Waals surface area contributed by atoms with Gasteiger partial charge in [0, 0.05) is 18.0 Å². The second kappa shape index (κ2) is 8.54. The lowest BCUT2D eigenvalue weighted by atomic mass is 9.90. The molecule has 1 atom stereocenters. The number of benzene rings is 2. The zero-order valence-corrected chi connectivity index (χ0v) is 17.8. The molecular weight excluding hydrogens is 449 g/mol. The molecule has 1 aromatic heterocycles. The van der Waals surface area contributed by atoms with E-state index in [0.717, 1.165) is 12.1 Å². The second-order valence-electron chi connectivity index (χ2n) is 7.59. The van der Waals surface area contributed by atoms with Crippen LogP contribution in [-0.2, 0) is 12.6 Å². The van der Waals surface area contributed by atoms with E-state index < -0.39 is 23.5 Å². The van der Waals surface area contributed by atoms with Crippen LogP contribution >= 0.6 is 0 Å². The first-order valence-corrected chi connectivity index (χ1v) is 10.1. The van der Waals surface area contributed by atoms with Gasteiger partial charge in [0.05, 0.1) is 28.8 Å². The van der Waals surface area contributed by atoms with E-state index in [1.807, 2.05) is 6.07 Å². The van der Waals surface area contributed by atoms with Gasteiger partial charge in [-0.3, -0.25) is 4.90 Å². The van der Waals surface area contributed by atoms with E-state index in [0.29, 0.717) is 16.7 Å². The average molecular weight is 466 g/mol. The number of nitrogens with one attached hydrogen (secondary N) is 1. The Balaban J connectivity index is 1.98. The van der Waals surface area contributed by atoms with Gasteiger partial charge >= 0.3 is 11.9 Å². The Hall–Kier alpha value is -4.35. The summed E-state index contributed by atoms with van der Waals surface area (Å²) < 4.78 is 41.2. The molecule has 2 aromatic carbocycles. The normalized spacial score (nSPS) is 15.6. The molecule has 3 aromatic rings. The monoisotopic (exact) mass is 466 g/mol. The molecular formula is C23H17F3N6O2. The summed E-state index contributed by atoms with van der Waals surface area (Å²) in [5.74, 6) is 0.00475. The molecule has 1 aliphatic rings. The molecule has 0 saturated carbocycles. The van der Waals surface area contributed by atoms with Gasteiger partial charge in [-0.25, -0.2) is 14.5 Å². The molecule has 34 heavy (non-hydrogen) atoms. The lowest BCUT2D eigenvalue weighted by Gasteiger charge is -2.35. The molecule has 0 unspecified atom stereocenters. The minimum Gasteiger partial charge on any atom is -0.396 e. The number of hydrogen-bond acceptors (Lipinski definition) is 6. The van der Waals surface area contributed by atoms with Gasteiger partial charge < -0.3 is 5.11 Å². The third-order valence-corrected chi connectivity index (χ3v) is 5.64. The van der Waals surface area contributed by atoms with Gasteiger partial charge in [-0.2, -0.15) is 23.7 Å². The Bertz CT molecular complexity index is 1440. The number of aromatic nitrogens is 3. The number of allylic oxidation sites excluding steroid dienone is 2. The third-order valence-electron chi connectivity index (χ3n) is 5.64. The second-order valence-corrected chi connectivity index (χ2v) is 7.59. The fourth-order valence-corrected chi connectivity index (χ4v) is 4.13. The van der Waals surface area contributed by atoms with Gasteiger partial charge in [-0.05, 0) is 54.8 Å². The van der Waals surface area contributed by atoms with Crippen LogP contribution in [0.15, 0.2) is 58.5 Å². The molecule has 2 heterocycles. The number of aromatic amines is 1. The number of anilines is 2. The Morgan fingerprint density at radius 1 is 1.18 bits per heavy atom. The van der Waals surface area contributed by atoms with E-state index in [2.05, 4.69) is 16.3 Å². The maximum absolute atomic E-state index is 13.3. The van der Waals surface area contributed by atoms with Crippen molar-refractivity contribution in [3.8, 4) is 12.1 Å². The third kappa shape index (κ3) is 3.72. The number of halogens is 3. The highest BCUT2D eigenvalue weighted by Crippen LogP contribution is 2.42. The molecule has 11 heteroatoms. The van der Waals surface area contributed by atoms with Crippen LogP contribution in [-0.4, -0.2) is 26.5 Å². The van der Waals surface area contributed by atoms with Crippen molar-refractivity contribution >= 4 is 11.6 Å². The highest BCUT2D eigenvalue weighted by molar-refractivity contribution is 5.69. The quantitative estimate of drug-likeness (QED) is 0.607. The summed E-state index contributed by atoms with van der Waals surface area (Å²) in [4.78, 5) is 14.1. The van der Waals surface area contributed by atoms with Crippen LogP contribution in [0, 0.1) is 22.7 Å². The first kappa shape index (κ1) is 22.8. The number of nitriles is 2. The summed E-state index contributed by atoms with van der Waals surface area (Å²) in [6.07, 6.45) is -4.42. The Labute approximate surface area is 191 Å². The van der Waals surface area contributed by atoms with Crippen molar-refractivity contribution in [3.05, 3.63) is 86.5 Å². The fourth-order valence-electron chi connectivity index (χ4n) is 4.13. The zero-order chi connectivity index (χ0) is 24.6. The highest BCUT2D eigenvalue weighted by Gasteiger charge is 2.38. The summed E-state index contributed by atoms with van der Waals surface area (Å²) in [5.41, 5.74) is 0.310. The van der Waals surface area contributed by atoms with Crippen LogP contribution in [0.1, 0.15) is 35.2 Å². The van der Waals surface area contributed by atoms with Crippen molar-refractivity contribution in [2.75, 3.05) is 11.5 Å². The van der Waals surface area contributed by atoms with Crippen LogP contribution in [0.2, 0.25) is 0 Å². The number of hydrogen-bond donors (Lipinski definition) is 2. The van der Waals surface area contributed by atoms with Crippen molar-refractivity contribution in [1.82, 2.24) is 14.8 Å². The fraction of sp³-hybridized carbons (Fsp3) is 0.217. The standard InChI is InChI=1S/C23H17F3N6O2/c1-13-19(12-28)20(18-6-5-14(11-27)9-15(18)7-8-33)32-21(29-30-22(32)34)31(13)17-4-2-3-16(10-17)23(24,25)26/h2-6,9-10,20,33H,7-8H2,1H3,(H,30,34)/t20-/m1/s1. The summed E-state index contributed by atoms with van der Waals surface area (Å²) >= 11 is 0. The van der Waals surface area contributed by atoms with E-state index in [9.17, 15) is 33.6 Å². The molecule has 1 aliphatic heterocycles. The molecule has 0 saturated heterocycles. The lowest BCUT2D eigenvalue weighted by Crippen LogP contribution is -2.35. The number of rotatable bonds is 4. The predicted octanol–water partition coefficient (Wildman–Crippen LogP) is 3.54. The van der Waals surface area contributed by atoms with E-state index in [-0.39, 0.29) is 35.9 Å². The summed E-state index contributed by atoms with van der Waals surface area (Å²) in [7, 11) is 0. The SMILES string of the molecule is CC1=C(C#N)[C@@H](c2ccc(C#N)cc2CCO)n2c(n[nH]c2=O)N1c1cccc(C(F)(F)F)c1. The van der Waals surface area contributed by atoms with Gasteiger partial charge in [0.2, 0.25) is 5.95 Å². The lowest BCUT2D eigenvalue weighted by molar-refractivity contribution is -0.137. The minimum atomic E-state index is -4.59. The van der Waals surface area contributed by atoms with Crippen molar-refractivity contribution in [1.29, 1.82) is 10.5 Å². The van der Waals surface area contributed by atoms with Crippen molar-refractivity contribution in [3.63, 3.8) is 0 Å². The van der Waals surface area contributed by atoms with E-state index >= 15 is 0 Å². The molecule has 2 N–H and O–H groups in total. The van der Waals surface area contributed by atoms with E-state index in [1.54, 1.807) is 19.1 Å². The highest BCUT2D eigenvalue weighted by atomic mass is 19.4. The van der Waals surface area contributed by atoms with Crippen LogP contribution in [0.25, 0.3) is 0 Å². The number of nitrogens with zero attached hydrogens (tertiary/aromatic N) is 5. The topological polar surface area (TPSA) is 122 Å². The van der Waals surface area contributed by atoms with Gasteiger partial charge in [0.15, 0.2) is 0 Å². The van der Waals surface area contributed by atoms with Gasteiger partial charge in [0.25, 0.3) is 0 Å². The summed E-state index contributed by atoms with van der Waals surface area (Å²) in [6.45, 7) is 1.33. The summed E-state index contributed by atoms with van der Waals surface area (Å²) in [5, 5.41) is 35.2. The predicted molar refractivity (Wildman–Crippen MR) is 115 cm³/mol. The molecule has 0 spiro atoms. The van der Waals surface area contributed by atoms with Crippen molar-refractivity contribution in [2.45, 2.75) is 25.6 Å².